The van der Waals surface area contributed by atoms with Crippen molar-refractivity contribution in [2.45, 2.75) is 39.2 Å². The Morgan fingerprint density at radius 2 is 1.84 bits per heavy atom. The molecule has 0 aliphatic heterocycles. The molecule has 6 nitrogen and oxygen atoms in total. The molecule has 0 saturated carbocycles. The zero-order chi connectivity index (χ0) is 18.4. The number of carbonyl (C=O) groups excluding carboxylic acids is 2. The molecular weight excluding hydrogens is 322 g/mol. The fraction of sp³-hybridized carbons (Fsp3) is 0.421. The van der Waals surface area contributed by atoms with Gasteiger partial charge < -0.3 is 15.2 Å². The van der Waals surface area contributed by atoms with Crippen molar-refractivity contribution in [1.82, 2.24) is 0 Å². The molecule has 1 aliphatic carbocycles. The van der Waals surface area contributed by atoms with Crippen LogP contribution in [0.4, 0.5) is 5.69 Å². The Labute approximate surface area is 146 Å². The Bertz CT molecular complexity index is 682. The first-order valence-electron chi connectivity index (χ1n) is 8.42. The van der Waals surface area contributed by atoms with Gasteiger partial charge in [-0.2, -0.15) is 0 Å². The molecule has 1 amide bonds. The van der Waals surface area contributed by atoms with E-state index >= 15 is 0 Å². The second-order valence-electron chi connectivity index (χ2n) is 6.15. The van der Waals surface area contributed by atoms with Gasteiger partial charge in [0.1, 0.15) is 0 Å². The van der Waals surface area contributed by atoms with Crippen LogP contribution in [0.3, 0.4) is 0 Å². The van der Waals surface area contributed by atoms with Gasteiger partial charge in [0.25, 0.3) is 0 Å². The molecule has 1 aromatic carbocycles. The minimum absolute atomic E-state index is 0.0148. The molecule has 0 aromatic heterocycles. The van der Waals surface area contributed by atoms with Crippen molar-refractivity contribution in [3.8, 4) is 0 Å². The number of aromatic carboxylic acids is 1. The average molecular weight is 345 g/mol. The number of anilines is 1. The minimum Gasteiger partial charge on any atom is -0.478 e. The van der Waals surface area contributed by atoms with Crippen LogP contribution in [0.15, 0.2) is 36.4 Å². The summed E-state index contributed by atoms with van der Waals surface area (Å²) in [6.45, 7) is 3.74. The predicted molar refractivity (Wildman–Crippen MR) is 93.2 cm³/mol. The largest absolute Gasteiger partial charge is 0.478 e. The van der Waals surface area contributed by atoms with Crippen molar-refractivity contribution in [3.63, 3.8) is 0 Å². The lowest BCUT2D eigenvalue weighted by atomic mass is 9.82. The lowest BCUT2D eigenvalue weighted by Crippen LogP contribution is -2.37. The number of amides is 1. The highest BCUT2D eigenvalue weighted by atomic mass is 16.5. The summed E-state index contributed by atoms with van der Waals surface area (Å²) < 4.78 is 5.38. The Kier molecular flexibility index (Phi) is 6.33. The van der Waals surface area contributed by atoms with Crippen molar-refractivity contribution in [2.75, 3.05) is 5.32 Å². The monoisotopic (exact) mass is 345 g/mol. The fourth-order valence-electron chi connectivity index (χ4n) is 2.74. The summed E-state index contributed by atoms with van der Waals surface area (Å²) in [4.78, 5) is 36.3. The highest BCUT2D eigenvalue weighted by Crippen LogP contribution is 2.29. The van der Waals surface area contributed by atoms with Gasteiger partial charge in [-0.3, -0.25) is 9.59 Å². The molecule has 0 saturated heterocycles. The molecule has 0 fully saturated rings. The number of carboxylic acid groups (broad SMARTS) is 1. The van der Waals surface area contributed by atoms with E-state index in [9.17, 15) is 19.5 Å². The number of benzene rings is 1. The zero-order valence-corrected chi connectivity index (χ0v) is 14.4. The summed E-state index contributed by atoms with van der Waals surface area (Å²) in [5.41, 5.74) is 0.240. The molecule has 0 unspecified atom stereocenters. The lowest BCUT2D eigenvalue weighted by Gasteiger charge is -2.27. The van der Waals surface area contributed by atoms with Crippen LogP contribution < -0.4 is 5.32 Å². The van der Waals surface area contributed by atoms with Crippen molar-refractivity contribution in [3.05, 3.63) is 42.0 Å². The van der Waals surface area contributed by atoms with Gasteiger partial charge in [0.2, 0.25) is 5.91 Å². The van der Waals surface area contributed by atoms with Gasteiger partial charge in [-0.15, -0.1) is 0 Å². The molecule has 0 radical (unpaired) electrons. The molecule has 2 rings (SSSR count). The van der Waals surface area contributed by atoms with Crippen molar-refractivity contribution >= 4 is 23.5 Å². The molecule has 3 atom stereocenters. The first-order chi connectivity index (χ1) is 11.9. The van der Waals surface area contributed by atoms with Gasteiger partial charge in [-0.25, -0.2) is 4.79 Å². The number of rotatable bonds is 6. The van der Waals surface area contributed by atoms with Crippen LogP contribution >= 0.6 is 0 Å². The zero-order valence-electron chi connectivity index (χ0n) is 14.4. The molecule has 134 valence electrons. The van der Waals surface area contributed by atoms with Crippen molar-refractivity contribution in [1.29, 1.82) is 0 Å². The quantitative estimate of drug-likeness (QED) is 0.610. The van der Waals surface area contributed by atoms with E-state index in [4.69, 9.17) is 4.74 Å². The number of carboxylic acids is 1. The maximum Gasteiger partial charge on any atom is 0.337 e. The van der Waals surface area contributed by atoms with Gasteiger partial charge in [0, 0.05) is 0 Å². The third-order valence-electron chi connectivity index (χ3n) is 4.38. The summed E-state index contributed by atoms with van der Waals surface area (Å²) in [7, 11) is 0. The first kappa shape index (κ1) is 18.7. The van der Waals surface area contributed by atoms with Gasteiger partial charge in [-0.1, -0.05) is 31.2 Å². The smallest absolute Gasteiger partial charge is 0.337 e. The van der Waals surface area contributed by atoms with Crippen LogP contribution in [-0.4, -0.2) is 29.1 Å². The molecule has 0 spiro atoms. The molecule has 1 aromatic rings. The third kappa shape index (κ3) is 4.68. The Hall–Kier alpha value is -2.63. The molecule has 2 N–H and O–H groups in total. The van der Waals surface area contributed by atoms with E-state index in [1.807, 2.05) is 26.0 Å². The second kappa shape index (κ2) is 8.46. The maximum atomic E-state index is 12.7. The molecule has 1 aliphatic rings. The van der Waals surface area contributed by atoms with E-state index in [-0.39, 0.29) is 29.2 Å². The molecule has 25 heavy (non-hydrogen) atoms. The Morgan fingerprint density at radius 3 is 2.48 bits per heavy atom. The van der Waals surface area contributed by atoms with E-state index in [1.165, 1.54) is 12.1 Å². The summed E-state index contributed by atoms with van der Waals surface area (Å²) >= 11 is 0. The Morgan fingerprint density at radius 1 is 1.20 bits per heavy atom. The van der Waals surface area contributed by atoms with E-state index in [0.29, 0.717) is 19.3 Å². The van der Waals surface area contributed by atoms with Gasteiger partial charge in [0.15, 0.2) is 0 Å². The predicted octanol–water partition coefficient (Wildman–Crippen LogP) is 3.25. The minimum atomic E-state index is -1.12. The van der Waals surface area contributed by atoms with Gasteiger partial charge in [0.05, 0.1) is 29.2 Å². The van der Waals surface area contributed by atoms with E-state index < -0.39 is 17.8 Å². The normalized spacial score (nSPS) is 20.6. The number of esters is 1. The maximum absolute atomic E-state index is 12.7. The SMILES string of the molecule is CC[C@H](C)OC(=O)[C@@H]1CC=CC[C@@H]1C(=O)Nc1ccccc1C(=O)O. The summed E-state index contributed by atoms with van der Waals surface area (Å²) in [5, 5.41) is 11.9. The van der Waals surface area contributed by atoms with E-state index in [2.05, 4.69) is 5.32 Å². The summed E-state index contributed by atoms with van der Waals surface area (Å²) in [6.07, 6.45) is 5.10. The van der Waals surface area contributed by atoms with Crippen molar-refractivity contribution in [2.24, 2.45) is 11.8 Å². The topological polar surface area (TPSA) is 92.7 Å². The number of hydrogen-bond donors (Lipinski definition) is 2. The number of para-hydroxylation sites is 1. The first-order valence-corrected chi connectivity index (χ1v) is 8.42. The highest BCUT2D eigenvalue weighted by Gasteiger charge is 2.36. The van der Waals surface area contributed by atoms with E-state index in [1.54, 1.807) is 12.1 Å². The van der Waals surface area contributed by atoms with Crippen LogP contribution in [0.25, 0.3) is 0 Å². The van der Waals surface area contributed by atoms with Gasteiger partial charge >= 0.3 is 11.9 Å². The standard InChI is InChI=1S/C19H23NO5/c1-3-12(2)25-19(24)14-9-5-4-8-13(14)17(21)20-16-11-7-6-10-15(16)18(22)23/h4-7,10-14H,3,8-9H2,1-2H3,(H,20,21)(H,22,23)/t12-,13-,14+/m0/s1. The number of allylic oxidation sites excluding steroid dienone is 2. The Balaban J connectivity index is 2.15. The molecule has 6 heteroatoms. The molecule has 0 bridgehead atoms. The van der Waals surface area contributed by atoms with E-state index in [0.717, 1.165) is 0 Å². The third-order valence-corrected chi connectivity index (χ3v) is 4.38. The van der Waals surface area contributed by atoms with Crippen LogP contribution in [0.2, 0.25) is 0 Å². The summed E-state index contributed by atoms with van der Waals surface area (Å²) in [5.74, 6) is -3.01. The van der Waals surface area contributed by atoms with Gasteiger partial charge in [-0.05, 0) is 38.3 Å². The molecule has 0 heterocycles. The van der Waals surface area contributed by atoms with Crippen LogP contribution in [0.1, 0.15) is 43.5 Å². The van der Waals surface area contributed by atoms with Crippen molar-refractivity contribution < 1.29 is 24.2 Å². The van der Waals surface area contributed by atoms with Crippen LogP contribution in [-0.2, 0) is 14.3 Å². The number of carbonyl (C=O) groups is 3. The molecular formula is C19H23NO5. The highest BCUT2D eigenvalue weighted by molar-refractivity contribution is 6.02. The second-order valence-corrected chi connectivity index (χ2v) is 6.15. The van der Waals surface area contributed by atoms with Crippen LogP contribution in [0.5, 0.6) is 0 Å². The summed E-state index contributed by atoms with van der Waals surface area (Å²) in [6, 6.07) is 6.20. The number of ether oxygens (including phenoxy) is 1. The van der Waals surface area contributed by atoms with Crippen LogP contribution in [0, 0.1) is 11.8 Å². The number of hydrogen-bond acceptors (Lipinski definition) is 4. The average Bonchev–Trinajstić information content (AvgIpc) is 2.61. The number of nitrogens with one attached hydrogen (secondary N) is 1. The fourth-order valence-corrected chi connectivity index (χ4v) is 2.74. The lowest BCUT2D eigenvalue weighted by molar-refractivity contribution is -0.157.